The lowest BCUT2D eigenvalue weighted by molar-refractivity contribution is -0.144. The van der Waals surface area contributed by atoms with E-state index in [1.807, 2.05) is 37.3 Å². The number of aromatic nitrogens is 1. The van der Waals surface area contributed by atoms with E-state index in [-0.39, 0.29) is 31.2 Å². The molecule has 0 radical (unpaired) electrons. The minimum atomic E-state index is -0.370. The summed E-state index contributed by atoms with van der Waals surface area (Å²) in [6.07, 6.45) is 0.277. The third kappa shape index (κ3) is 4.03. The van der Waals surface area contributed by atoms with E-state index in [1.165, 1.54) is 22.7 Å². The Hall–Kier alpha value is -2.05. The summed E-state index contributed by atoms with van der Waals surface area (Å²) in [5.41, 5.74) is 0.909. The number of carbonyl (C=O) groups is 2. The van der Waals surface area contributed by atoms with Crippen LogP contribution in [0.2, 0.25) is 0 Å². The van der Waals surface area contributed by atoms with Gasteiger partial charge in [-0.1, -0.05) is 12.1 Å². The lowest BCUT2D eigenvalue weighted by Crippen LogP contribution is -2.07. The second kappa shape index (κ2) is 7.02. The summed E-state index contributed by atoms with van der Waals surface area (Å²) < 4.78 is 6.28. The highest BCUT2D eigenvalue weighted by Crippen LogP contribution is 2.22. The third-order valence-corrected chi connectivity index (χ3v) is 5.32. The average Bonchev–Trinajstić information content (AvgIpc) is 3.16. The van der Waals surface area contributed by atoms with Crippen LogP contribution in [0.15, 0.2) is 36.4 Å². The van der Waals surface area contributed by atoms with Gasteiger partial charge in [0.05, 0.1) is 21.5 Å². The van der Waals surface area contributed by atoms with Crippen LogP contribution in [-0.4, -0.2) is 16.7 Å². The van der Waals surface area contributed by atoms with E-state index in [9.17, 15) is 9.59 Å². The lowest BCUT2D eigenvalue weighted by atomic mass is 10.2. The molecule has 0 aliphatic carbocycles. The highest BCUT2D eigenvalue weighted by atomic mass is 32.1. The largest absolute Gasteiger partial charge is 0.458 e. The molecule has 1 aromatic carbocycles. The summed E-state index contributed by atoms with van der Waals surface area (Å²) in [4.78, 5) is 29.9. The van der Waals surface area contributed by atoms with E-state index in [1.54, 1.807) is 6.07 Å². The molecule has 0 saturated carbocycles. The molecule has 0 aliphatic heterocycles. The molecular weight excluding hydrogens is 330 g/mol. The highest BCUT2D eigenvalue weighted by Gasteiger charge is 2.13. The van der Waals surface area contributed by atoms with Crippen molar-refractivity contribution in [3.8, 4) is 0 Å². The first-order valence-electron chi connectivity index (χ1n) is 7.21. The predicted molar refractivity (Wildman–Crippen MR) is 92.0 cm³/mol. The number of Topliss-reactive ketones (excluding diaryl/α,β-unsaturated/α-hetero) is 1. The number of nitrogens with zero attached hydrogens (tertiary/aromatic N) is 1. The van der Waals surface area contributed by atoms with Crippen LogP contribution < -0.4 is 0 Å². The number of aryl methyl sites for hydroxylation is 1. The van der Waals surface area contributed by atoms with Crippen LogP contribution in [0.4, 0.5) is 0 Å². The van der Waals surface area contributed by atoms with Crippen molar-refractivity contribution in [2.24, 2.45) is 0 Å². The molecule has 0 unspecified atom stereocenters. The highest BCUT2D eigenvalue weighted by molar-refractivity contribution is 7.18. The number of carbonyl (C=O) groups excluding carboxylic acids is 2. The maximum atomic E-state index is 11.9. The van der Waals surface area contributed by atoms with Gasteiger partial charge in [0.25, 0.3) is 0 Å². The van der Waals surface area contributed by atoms with E-state index in [0.29, 0.717) is 4.88 Å². The number of ether oxygens (including phenoxy) is 1. The number of thiazole rings is 1. The zero-order chi connectivity index (χ0) is 16.2. The second-order valence-corrected chi connectivity index (χ2v) is 7.47. The van der Waals surface area contributed by atoms with Crippen molar-refractivity contribution in [2.45, 2.75) is 26.4 Å². The van der Waals surface area contributed by atoms with Crippen molar-refractivity contribution in [1.82, 2.24) is 4.98 Å². The predicted octanol–water partition coefficient (Wildman–Crippen LogP) is 4.37. The fourth-order valence-corrected chi connectivity index (χ4v) is 3.83. The van der Waals surface area contributed by atoms with E-state index >= 15 is 0 Å². The van der Waals surface area contributed by atoms with Gasteiger partial charge < -0.3 is 4.74 Å². The molecule has 0 fully saturated rings. The first kappa shape index (κ1) is 15.8. The molecule has 0 aliphatic rings. The van der Waals surface area contributed by atoms with Crippen LogP contribution in [-0.2, 0) is 16.1 Å². The minimum Gasteiger partial charge on any atom is -0.458 e. The van der Waals surface area contributed by atoms with E-state index in [0.717, 1.165) is 20.1 Å². The average molecular weight is 345 g/mol. The quantitative estimate of drug-likeness (QED) is 0.492. The number of rotatable bonds is 6. The van der Waals surface area contributed by atoms with Crippen molar-refractivity contribution in [3.05, 3.63) is 51.2 Å². The monoisotopic (exact) mass is 345 g/mol. The first-order valence-corrected chi connectivity index (χ1v) is 8.85. The summed E-state index contributed by atoms with van der Waals surface area (Å²) in [6.45, 7) is 2.11. The number of hydrogen-bond acceptors (Lipinski definition) is 6. The minimum absolute atomic E-state index is 0.0139. The molecule has 0 N–H and O–H groups in total. The standard InChI is InChI=1S/C17H15NO3S2/c1-11-6-8-15(22-11)13(19)7-9-17(20)21-10-16-18-12-4-2-3-5-14(12)23-16/h2-6,8H,7,9-10H2,1H3. The Morgan fingerprint density at radius 3 is 2.65 bits per heavy atom. The maximum absolute atomic E-state index is 11.9. The van der Waals surface area contributed by atoms with E-state index in [2.05, 4.69) is 4.98 Å². The van der Waals surface area contributed by atoms with Gasteiger partial charge in [0.2, 0.25) is 0 Å². The Bertz CT molecular complexity index is 817. The molecule has 4 nitrogen and oxygen atoms in total. The lowest BCUT2D eigenvalue weighted by Gasteiger charge is -2.01. The number of para-hydroxylation sites is 1. The van der Waals surface area contributed by atoms with Gasteiger partial charge in [0, 0.05) is 11.3 Å². The molecule has 0 amide bonds. The molecule has 2 heterocycles. The number of esters is 1. The van der Waals surface area contributed by atoms with Gasteiger partial charge in [-0.3, -0.25) is 9.59 Å². The van der Waals surface area contributed by atoms with Crippen LogP contribution in [0, 0.1) is 6.92 Å². The summed E-state index contributed by atoms with van der Waals surface area (Å²) in [5.74, 6) is -0.383. The van der Waals surface area contributed by atoms with Gasteiger partial charge >= 0.3 is 5.97 Å². The first-order chi connectivity index (χ1) is 11.1. The summed E-state index contributed by atoms with van der Waals surface area (Å²) in [5, 5.41) is 0.764. The summed E-state index contributed by atoms with van der Waals surface area (Å²) in [7, 11) is 0. The van der Waals surface area contributed by atoms with Gasteiger partial charge in [-0.05, 0) is 31.2 Å². The van der Waals surface area contributed by atoms with Crippen LogP contribution in [0.25, 0.3) is 10.2 Å². The van der Waals surface area contributed by atoms with Gasteiger partial charge in [-0.25, -0.2) is 4.98 Å². The zero-order valence-corrected chi connectivity index (χ0v) is 14.2. The molecule has 2 aromatic heterocycles. The molecule has 23 heavy (non-hydrogen) atoms. The Labute approximate surface area is 141 Å². The molecule has 0 saturated heterocycles. The van der Waals surface area contributed by atoms with Crippen molar-refractivity contribution in [1.29, 1.82) is 0 Å². The molecule has 3 aromatic rings. The van der Waals surface area contributed by atoms with Gasteiger partial charge in [0.1, 0.15) is 11.6 Å². The maximum Gasteiger partial charge on any atom is 0.306 e. The molecule has 6 heteroatoms. The smallest absolute Gasteiger partial charge is 0.306 e. The number of thiophene rings is 1. The molecule has 0 spiro atoms. The number of fused-ring (bicyclic) bond motifs is 1. The van der Waals surface area contributed by atoms with Crippen molar-refractivity contribution in [3.63, 3.8) is 0 Å². The molecular formula is C17H15NO3S2. The van der Waals surface area contributed by atoms with Crippen molar-refractivity contribution < 1.29 is 14.3 Å². The number of ketones is 1. The van der Waals surface area contributed by atoms with Crippen molar-refractivity contribution >= 4 is 44.6 Å². The molecule has 118 valence electrons. The summed E-state index contributed by atoms with van der Waals surface area (Å²) in [6, 6.07) is 11.5. The zero-order valence-electron chi connectivity index (χ0n) is 12.6. The summed E-state index contributed by atoms with van der Waals surface area (Å²) >= 11 is 2.96. The Morgan fingerprint density at radius 1 is 1.09 bits per heavy atom. The molecule has 0 bridgehead atoms. The van der Waals surface area contributed by atoms with Gasteiger partial charge in [-0.2, -0.15) is 0 Å². The van der Waals surface area contributed by atoms with Crippen LogP contribution in [0.1, 0.15) is 32.4 Å². The Morgan fingerprint density at radius 2 is 1.91 bits per heavy atom. The van der Waals surface area contributed by atoms with E-state index < -0.39 is 0 Å². The second-order valence-electron chi connectivity index (χ2n) is 5.07. The Balaban J connectivity index is 1.48. The fraction of sp³-hybridized carbons (Fsp3) is 0.235. The van der Waals surface area contributed by atoms with Crippen LogP contribution in [0.5, 0.6) is 0 Å². The van der Waals surface area contributed by atoms with E-state index in [4.69, 9.17) is 4.74 Å². The van der Waals surface area contributed by atoms with Gasteiger partial charge in [-0.15, -0.1) is 22.7 Å². The third-order valence-electron chi connectivity index (χ3n) is 3.27. The van der Waals surface area contributed by atoms with Gasteiger partial charge in [0.15, 0.2) is 5.78 Å². The van der Waals surface area contributed by atoms with Crippen LogP contribution >= 0.6 is 22.7 Å². The number of benzene rings is 1. The Kier molecular flexibility index (Phi) is 4.83. The SMILES string of the molecule is Cc1ccc(C(=O)CCC(=O)OCc2nc3ccccc3s2)s1. The topological polar surface area (TPSA) is 56.3 Å². The van der Waals surface area contributed by atoms with Crippen LogP contribution in [0.3, 0.4) is 0 Å². The van der Waals surface area contributed by atoms with Crippen molar-refractivity contribution in [2.75, 3.05) is 0 Å². The molecule has 0 atom stereocenters. The number of hydrogen-bond donors (Lipinski definition) is 0. The fourth-order valence-electron chi connectivity index (χ4n) is 2.12. The normalized spacial score (nSPS) is 10.8. The molecule has 3 rings (SSSR count).